The number of hydrogen-bond donors (Lipinski definition) is 2. The molecule has 1 amide bonds. The highest BCUT2D eigenvalue weighted by molar-refractivity contribution is 9.10. The van der Waals surface area contributed by atoms with Gasteiger partial charge in [0.25, 0.3) is 0 Å². The monoisotopic (exact) mass is 350 g/mol. The molecule has 0 heterocycles. The van der Waals surface area contributed by atoms with E-state index in [1.54, 1.807) is 20.8 Å². The second-order valence-electron chi connectivity index (χ2n) is 4.81. The van der Waals surface area contributed by atoms with Crippen LogP contribution >= 0.6 is 15.9 Å². The van der Waals surface area contributed by atoms with Crippen LogP contribution in [0.25, 0.3) is 0 Å². The van der Waals surface area contributed by atoms with Crippen molar-refractivity contribution in [3.63, 3.8) is 0 Å². The fourth-order valence-corrected chi connectivity index (χ4v) is 2.36. The number of halogens is 1. The number of carbonyl (C=O) groups is 1. The number of sulfonamides is 1. The minimum Gasteiger partial charge on any atom is -0.444 e. The lowest BCUT2D eigenvalue weighted by molar-refractivity contribution is 0.0636. The van der Waals surface area contributed by atoms with Gasteiger partial charge in [0.15, 0.2) is 0 Å². The van der Waals surface area contributed by atoms with E-state index in [2.05, 4.69) is 21.2 Å². The van der Waals surface area contributed by atoms with Crippen LogP contribution < -0.4 is 10.5 Å². The Morgan fingerprint density at radius 2 is 1.95 bits per heavy atom. The summed E-state index contributed by atoms with van der Waals surface area (Å²) in [6, 6.07) is 4.03. The Labute approximate surface area is 120 Å². The van der Waals surface area contributed by atoms with E-state index in [-0.39, 0.29) is 4.90 Å². The topological polar surface area (TPSA) is 98.5 Å². The Kier molecular flexibility index (Phi) is 4.59. The number of nitrogens with two attached hydrogens (primary N) is 1. The molecule has 0 bridgehead atoms. The molecule has 1 aromatic rings. The van der Waals surface area contributed by atoms with Gasteiger partial charge in [-0.15, -0.1) is 0 Å². The molecule has 0 saturated carbocycles. The van der Waals surface area contributed by atoms with Gasteiger partial charge in [-0.25, -0.2) is 18.4 Å². The van der Waals surface area contributed by atoms with Gasteiger partial charge in [0.1, 0.15) is 5.60 Å². The van der Waals surface area contributed by atoms with Gasteiger partial charge in [-0.2, -0.15) is 0 Å². The number of primary sulfonamides is 1. The summed E-state index contributed by atoms with van der Waals surface area (Å²) >= 11 is 3.16. The van der Waals surface area contributed by atoms with Crippen molar-refractivity contribution in [2.45, 2.75) is 31.3 Å². The highest BCUT2D eigenvalue weighted by atomic mass is 79.9. The number of rotatable bonds is 2. The Morgan fingerprint density at radius 1 is 1.37 bits per heavy atom. The Morgan fingerprint density at radius 3 is 2.37 bits per heavy atom. The third-order valence-electron chi connectivity index (χ3n) is 1.90. The maximum absolute atomic E-state index is 11.6. The van der Waals surface area contributed by atoms with Gasteiger partial charge in [-0.05, 0) is 54.9 Å². The fraction of sp³-hybridized carbons (Fsp3) is 0.364. The van der Waals surface area contributed by atoms with E-state index in [0.717, 1.165) is 0 Å². The standard InChI is InChI=1S/C11H15BrN2O4S/c1-11(2,3)18-10(15)14-9-5-4-7(6-8(9)12)19(13,16)17/h4-6H,1-3H3,(H,14,15)(H2,13,16,17). The molecule has 1 rings (SSSR count). The zero-order valence-electron chi connectivity index (χ0n) is 10.7. The molecule has 0 aliphatic rings. The molecular formula is C11H15BrN2O4S. The van der Waals surface area contributed by atoms with E-state index >= 15 is 0 Å². The van der Waals surface area contributed by atoms with Crippen LogP contribution in [0.3, 0.4) is 0 Å². The molecular weight excluding hydrogens is 336 g/mol. The molecule has 0 fully saturated rings. The van der Waals surface area contributed by atoms with E-state index < -0.39 is 21.7 Å². The van der Waals surface area contributed by atoms with Gasteiger partial charge in [-0.1, -0.05) is 0 Å². The summed E-state index contributed by atoms with van der Waals surface area (Å²) in [5.41, 5.74) is -0.224. The number of anilines is 1. The normalized spacial score (nSPS) is 12.1. The lowest BCUT2D eigenvalue weighted by atomic mass is 10.2. The molecule has 0 aliphatic heterocycles. The smallest absolute Gasteiger partial charge is 0.412 e. The maximum atomic E-state index is 11.6. The molecule has 0 radical (unpaired) electrons. The molecule has 0 unspecified atom stereocenters. The largest absolute Gasteiger partial charge is 0.444 e. The third kappa shape index (κ3) is 5.17. The van der Waals surface area contributed by atoms with Crippen molar-refractivity contribution >= 4 is 37.7 Å². The van der Waals surface area contributed by atoms with Crippen LogP contribution in [0, 0.1) is 0 Å². The average Bonchev–Trinajstić information content (AvgIpc) is 2.16. The lowest BCUT2D eigenvalue weighted by Crippen LogP contribution is -2.27. The quantitative estimate of drug-likeness (QED) is 0.855. The third-order valence-corrected chi connectivity index (χ3v) is 3.47. The first-order valence-corrected chi connectivity index (χ1v) is 7.65. The minimum atomic E-state index is -3.77. The van der Waals surface area contributed by atoms with Crippen molar-refractivity contribution in [3.8, 4) is 0 Å². The number of nitrogens with one attached hydrogen (secondary N) is 1. The molecule has 6 nitrogen and oxygen atoms in total. The fourth-order valence-electron chi connectivity index (χ4n) is 1.19. The summed E-state index contributed by atoms with van der Waals surface area (Å²) in [6.45, 7) is 5.23. The van der Waals surface area contributed by atoms with Crippen molar-refractivity contribution in [2.24, 2.45) is 5.14 Å². The number of hydrogen-bond acceptors (Lipinski definition) is 4. The van der Waals surface area contributed by atoms with Crippen LogP contribution in [0.1, 0.15) is 20.8 Å². The first kappa shape index (κ1) is 15.9. The van der Waals surface area contributed by atoms with Crippen LogP contribution in [0.5, 0.6) is 0 Å². The molecule has 0 aliphatic carbocycles. The predicted molar refractivity (Wildman–Crippen MR) is 75.4 cm³/mol. The number of benzene rings is 1. The zero-order chi connectivity index (χ0) is 14.8. The summed E-state index contributed by atoms with van der Waals surface area (Å²) < 4.78 is 27.8. The van der Waals surface area contributed by atoms with Gasteiger partial charge < -0.3 is 4.74 Å². The van der Waals surface area contributed by atoms with Gasteiger partial charge in [0.2, 0.25) is 10.0 Å². The minimum absolute atomic E-state index is 0.0471. The molecule has 3 N–H and O–H groups in total. The van der Waals surface area contributed by atoms with Crippen molar-refractivity contribution in [1.29, 1.82) is 0 Å². The van der Waals surface area contributed by atoms with Gasteiger partial charge in [0.05, 0.1) is 10.6 Å². The highest BCUT2D eigenvalue weighted by Gasteiger charge is 2.17. The molecule has 106 valence electrons. The van der Waals surface area contributed by atoms with Crippen LogP contribution in [-0.4, -0.2) is 20.1 Å². The van der Waals surface area contributed by atoms with Crippen LogP contribution in [0.4, 0.5) is 10.5 Å². The first-order chi connectivity index (χ1) is 8.49. The Balaban J connectivity index is 2.90. The summed E-state index contributed by atoms with van der Waals surface area (Å²) in [5.74, 6) is 0. The number of carbonyl (C=O) groups excluding carboxylic acids is 1. The van der Waals surface area contributed by atoms with Crippen LogP contribution in [0.2, 0.25) is 0 Å². The Hall–Kier alpha value is -1.12. The van der Waals surface area contributed by atoms with E-state index in [4.69, 9.17) is 9.88 Å². The average molecular weight is 351 g/mol. The second-order valence-corrected chi connectivity index (χ2v) is 7.23. The maximum Gasteiger partial charge on any atom is 0.412 e. The predicted octanol–water partition coefficient (Wildman–Crippen LogP) is 2.44. The van der Waals surface area contributed by atoms with E-state index in [1.165, 1.54) is 18.2 Å². The van der Waals surface area contributed by atoms with E-state index in [9.17, 15) is 13.2 Å². The number of amides is 1. The summed E-state index contributed by atoms with van der Waals surface area (Å²) in [4.78, 5) is 11.5. The molecule has 0 saturated heterocycles. The molecule has 0 atom stereocenters. The Bertz CT molecular complexity index is 593. The first-order valence-electron chi connectivity index (χ1n) is 5.31. The highest BCUT2D eigenvalue weighted by Crippen LogP contribution is 2.25. The molecule has 19 heavy (non-hydrogen) atoms. The van der Waals surface area contributed by atoms with Crippen molar-refractivity contribution in [2.75, 3.05) is 5.32 Å². The summed E-state index contributed by atoms with van der Waals surface area (Å²) in [7, 11) is -3.77. The molecule has 0 aromatic heterocycles. The van der Waals surface area contributed by atoms with E-state index in [1.807, 2.05) is 0 Å². The number of ether oxygens (including phenoxy) is 1. The van der Waals surface area contributed by atoms with Gasteiger partial charge >= 0.3 is 6.09 Å². The molecule has 0 spiro atoms. The van der Waals surface area contributed by atoms with Crippen molar-refractivity contribution in [3.05, 3.63) is 22.7 Å². The van der Waals surface area contributed by atoms with Gasteiger partial charge in [0, 0.05) is 4.47 Å². The van der Waals surface area contributed by atoms with Crippen LogP contribution in [-0.2, 0) is 14.8 Å². The second kappa shape index (κ2) is 5.48. The van der Waals surface area contributed by atoms with Gasteiger partial charge in [-0.3, -0.25) is 5.32 Å². The van der Waals surface area contributed by atoms with E-state index in [0.29, 0.717) is 10.2 Å². The SMILES string of the molecule is CC(C)(C)OC(=O)Nc1ccc(S(N)(=O)=O)cc1Br. The van der Waals surface area contributed by atoms with Crippen LogP contribution in [0.15, 0.2) is 27.6 Å². The van der Waals surface area contributed by atoms with Crippen molar-refractivity contribution in [1.82, 2.24) is 0 Å². The zero-order valence-corrected chi connectivity index (χ0v) is 13.1. The summed E-state index contributed by atoms with van der Waals surface area (Å²) in [6.07, 6.45) is -0.628. The van der Waals surface area contributed by atoms with Crippen molar-refractivity contribution < 1.29 is 17.9 Å². The molecule has 8 heteroatoms. The molecule has 1 aromatic carbocycles. The lowest BCUT2D eigenvalue weighted by Gasteiger charge is -2.20. The summed E-state index contributed by atoms with van der Waals surface area (Å²) in [5, 5.41) is 7.50.